The zero-order valence-electron chi connectivity index (χ0n) is 15.6. The Bertz CT molecular complexity index is 1200. The van der Waals surface area contributed by atoms with E-state index in [4.69, 9.17) is 0 Å². The minimum atomic E-state index is -3.63. The van der Waals surface area contributed by atoms with E-state index in [0.29, 0.717) is 4.90 Å². The molecule has 28 heavy (non-hydrogen) atoms. The van der Waals surface area contributed by atoms with Crippen molar-refractivity contribution < 1.29 is 8.42 Å². The van der Waals surface area contributed by atoms with Gasteiger partial charge in [-0.25, -0.2) is 18.1 Å². The van der Waals surface area contributed by atoms with Gasteiger partial charge in [0.05, 0.1) is 10.6 Å². The Hall–Kier alpha value is -3.03. The number of sulfonamides is 1. The van der Waals surface area contributed by atoms with Crippen LogP contribution in [0.4, 0.5) is 0 Å². The topological polar surface area (TPSA) is 68.1 Å². The monoisotopic (exact) mass is 392 g/mol. The molecule has 1 atom stereocenters. The third-order valence-corrected chi connectivity index (χ3v) is 6.93. The van der Waals surface area contributed by atoms with Crippen LogP contribution in [0.1, 0.15) is 18.5 Å². The first-order chi connectivity index (χ1) is 13.5. The maximum atomic E-state index is 13.1. The highest BCUT2D eigenvalue weighted by Crippen LogP contribution is 2.28. The summed E-state index contributed by atoms with van der Waals surface area (Å²) >= 11 is 0. The lowest BCUT2D eigenvalue weighted by Crippen LogP contribution is -2.29. The molecule has 0 amide bonds. The predicted octanol–water partition coefficient (Wildman–Crippen LogP) is 3.80. The molecule has 1 aromatic heterocycles. The van der Waals surface area contributed by atoms with Crippen molar-refractivity contribution in [1.82, 2.24) is 19.1 Å². The summed E-state index contributed by atoms with van der Waals surface area (Å²) in [7, 11) is -2.01. The van der Waals surface area contributed by atoms with Crippen LogP contribution in [0.25, 0.3) is 16.5 Å². The first-order valence-electron chi connectivity index (χ1n) is 8.88. The minimum Gasteiger partial charge on any atom is -0.223 e. The van der Waals surface area contributed by atoms with Crippen LogP contribution in [0.2, 0.25) is 0 Å². The molecule has 0 N–H and O–H groups in total. The summed E-state index contributed by atoms with van der Waals surface area (Å²) in [4.78, 5) is 4.23. The zero-order valence-corrected chi connectivity index (χ0v) is 16.4. The first kappa shape index (κ1) is 18.3. The van der Waals surface area contributed by atoms with E-state index in [1.165, 1.54) is 10.6 Å². The van der Waals surface area contributed by atoms with Gasteiger partial charge in [0.25, 0.3) is 0 Å². The van der Waals surface area contributed by atoms with Crippen LogP contribution in [-0.2, 0) is 10.0 Å². The van der Waals surface area contributed by atoms with Crippen LogP contribution in [0.5, 0.6) is 0 Å². The second-order valence-corrected chi connectivity index (χ2v) is 8.64. The summed E-state index contributed by atoms with van der Waals surface area (Å²) in [5.74, 6) is 0. The number of fused-ring (bicyclic) bond motifs is 1. The predicted molar refractivity (Wildman–Crippen MR) is 109 cm³/mol. The molecule has 1 heterocycles. The number of hydrogen-bond donors (Lipinski definition) is 0. The maximum Gasteiger partial charge on any atom is 0.243 e. The van der Waals surface area contributed by atoms with Gasteiger partial charge in [-0.15, -0.1) is 0 Å². The van der Waals surface area contributed by atoms with E-state index in [1.807, 2.05) is 61.5 Å². The van der Waals surface area contributed by atoms with Gasteiger partial charge in [0.15, 0.2) is 0 Å². The third kappa shape index (κ3) is 3.30. The molecule has 4 rings (SSSR count). The standard InChI is InChI=1S/C21H20N4O2S/c1-16(17-7-10-20(11-8-17)25-15-22-14-23-25)24(2)28(26,27)21-12-9-18-5-3-4-6-19(18)13-21/h3-16H,1-2H3/t16-/m1/s1. The van der Waals surface area contributed by atoms with E-state index in [1.54, 1.807) is 30.2 Å². The smallest absolute Gasteiger partial charge is 0.223 e. The third-order valence-electron chi connectivity index (χ3n) is 5.00. The molecule has 0 saturated heterocycles. The molecule has 4 aromatic rings. The number of rotatable bonds is 5. The van der Waals surface area contributed by atoms with Crippen LogP contribution < -0.4 is 0 Å². The molecule has 0 unspecified atom stereocenters. The molecular weight excluding hydrogens is 372 g/mol. The number of benzene rings is 3. The second kappa shape index (κ2) is 7.18. The van der Waals surface area contributed by atoms with Gasteiger partial charge in [-0.1, -0.05) is 42.5 Å². The fourth-order valence-corrected chi connectivity index (χ4v) is 4.55. The molecule has 0 aliphatic carbocycles. The largest absolute Gasteiger partial charge is 0.243 e. The first-order valence-corrected chi connectivity index (χ1v) is 10.3. The lowest BCUT2D eigenvalue weighted by Gasteiger charge is -2.25. The van der Waals surface area contributed by atoms with Crippen molar-refractivity contribution in [2.45, 2.75) is 17.9 Å². The molecule has 0 saturated carbocycles. The van der Waals surface area contributed by atoms with Gasteiger partial charge in [0.2, 0.25) is 10.0 Å². The molecule has 3 aromatic carbocycles. The van der Waals surface area contributed by atoms with Crippen molar-refractivity contribution in [3.8, 4) is 5.69 Å². The molecule has 6 nitrogen and oxygen atoms in total. The highest BCUT2D eigenvalue weighted by molar-refractivity contribution is 7.89. The second-order valence-electron chi connectivity index (χ2n) is 6.64. The molecule has 0 spiro atoms. The van der Waals surface area contributed by atoms with Crippen LogP contribution >= 0.6 is 0 Å². The Morgan fingerprint density at radius 1 is 0.964 bits per heavy atom. The van der Waals surface area contributed by atoms with E-state index in [2.05, 4.69) is 10.1 Å². The normalized spacial score (nSPS) is 13.1. The fourth-order valence-electron chi connectivity index (χ4n) is 3.16. The van der Waals surface area contributed by atoms with Gasteiger partial charge < -0.3 is 0 Å². The number of aromatic nitrogens is 3. The van der Waals surface area contributed by atoms with Crippen molar-refractivity contribution in [3.63, 3.8) is 0 Å². The van der Waals surface area contributed by atoms with Crippen molar-refractivity contribution in [3.05, 3.63) is 84.9 Å². The van der Waals surface area contributed by atoms with Gasteiger partial charge in [-0.3, -0.25) is 0 Å². The Balaban J connectivity index is 1.62. The molecular formula is C21H20N4O2S. The molecule has 7 heteroatoms. The van der Waals surface area contributed by atoms with Gasteiger partial charge in [-0.2, -0.15) is 9.40 Å². The van der Waals surface area contributed by atoms with Crippen molar-refractivity contribution >= 4 is 20.8 Å². The Kier molecular flexibility index (Phi) is 4.70. The molecule has 0 aliphatic rings. The quantitative estimate of drug-likeness (QED) is 0.518. The fraction of sp³-hybridized carbons (Fsp3) is 0.143. The van der Waals surface area contributed by atoms with E-state index in [0.717, 1.165) is 22.0 Å². The summed E-state index contributed by atoms with van der Waals surface area (Å²) < 4.78 is 29.4. The van der Waals surface area contributed by atoms with Crippen molar-refractivity contribution in [1.29, 1.82) is 0 Å². The summed E-state index contributed by atoms with van der Waals surface area (Å²) in [5.41, 5.74) is 1.77. The molecule has 142 valence electrons. The highest BCUT2D eigenvalue weighted by atomic mass is 32.2. The van der Waals surface area contributed by atoms with E-state index in [-0.39, 0.29) is 6.04 Å². The van der Waals surface area contributed by atoms with Crippen molar-refractivity contribution in [2.75, 3.05) is 7.05 Å². The van der Waals surface area contributed by atoms with Gasteiger partial charge in [0.1, 0.15) is 12.7 Å². The van der Waals surface area contributed by atoms with E-state index < -0.39 is 10.0 Å². The Morgan fingerprint density at radius 3 is 2.36 bits per heavy atom. The molecule has 0 bridgehead atoms. The summed E-state index contributed by atoms with van der Waals surface area (Å²) in [5, 5.41) is 6.02. The molecule has 0 radical (unpaired) electrons. The van der Waals surface area contributed by atoms with Crippen LogP contribution in [0.15, 0.2) is 84.3 Å². The highest BCUT2D eigenvalue weighted by Gasteiger charge is 2.26. The summed E-state index contributed by atoms with van der Waals surface area (Å²) in [6, 6.07) is 20.3. The van der Waals surface area contributed by atoms with E-state index >= 15 is 0 Å². The Labute approximate surface area is 164 Å². The van der Waals surface area contributed by atoms with Gasteiger partial charge in [-0.05, 0) is 47.5 Å². The van der Waals surface area contributed by atoms with E-state index in [9.17, 15) is 8.42 Å². The van der Waals surface area contributed by atoms with Gasteiger partial charge >= 0.3 is 0 Å². The summed E-state index contributed by atoms with van der Waals surface area (Å²) in [6.45, 7) is 1.88. The van der Waals surface area contributed by atoms with Crippen LogP contribution in [0.3, 0.4) is 0 Å². The minimum absolute atomic E-state index is 0.291. The van der Waals surface area contributed by atoms with Crippen molar-refractivity contribution in [2.24, 2.45) is 0 Å². The van der Waals surface area contributed by atoms with Crippen LogP contribution in [-0.4, -0.2) is 34.5 Å². The number of hydrogen-bond acceptors (Lipinski definition) is 4. The lowest BCUT2D eigenvalue weighted by molar-refractivity contribution is 0.398. The van der Waals surface area contributed by atoms with Crippen LogP contribution in [0, 0.1) is 0 Å². The SMILES string of the molecule is C[C@H](c1ccc(-n2cncn2)cc1)N(C)S(=O)(=O)c1ccc2ccccc2c1. The molecule has 0 fully saturated rings. The average molecular weight is 392 g/mol. The Morgan fingerprint density at radius 2 is 1.68 bits per heavy atom. The molecule has 0 aliphatic heterocycles. The maximum absolute atomic E-state index is 13.1. The average Bonchev–Trinajstić information content (AvgIpc) is 3.27. The lowest BCUT2D eigenvalue weighted by atomic mass is 10.1. The van der Waals surface area contributed by atoms with Gasteiger partial charge in [0, 0.05) is 13.1 Å². The number of nitrogens with zero attached hydrogens (tertiary/aromatic N) is 4. The summed E-state index contributed by atoms with van der Waals surface area (Å²) in [6.07, 6.45) is 3.09. The zero-order chi connectivity index (χ0) is 19.7.